The van der Waals surface area contributed by atoms with Crippen LogP contribution in [0.2, 0.25) is 0 Å². The van der Waals surface area contributed by atoms with Crippen LogP contribution in [0.5, 0.6) is 5.75 Å². The summed E-state index contributed by atoms with van der Waals surface area (Å²) in [6.07, 6.45) is 2.69. The van der Waals surface area contributed by atoms with Gasteiger partial charge in [0.05, 0.1) is 17.3 Å². The molecule has 2 aromatic rings. The minimum Gasteiger partial charge on any atom is -0.494 e. The second-order valence-electron chi connectivity index (χ2n) is 8.15. The maximum atomic E-state index is 12.9. The average Bonchev–Trinajstić information content (AvgIpc) is 3.07. The first-order chi connectivity index (χ1) is 13.9. The Morgan fingerprint density at radius 3 is 2.59 bits per heavy atom. The fourth-order valence-corrected chi connectivity index (χ4v) is 5.02. The lowest BCUT2D eigenvalue weighted by molar-refractivity contribution is 0.0487. The van der Waals surface area contributed by atoms with Crippen LogP contribution in [0.25, 0.3) is 0 Å². The molecule has 1 aliphatic rings. The van der Waals surface area contributed by atoms with Crippen LogP contribution in [-0.2, 0) is 16.6 Å². The second kappa shape index (κ2) is 9.72. The van der Waals surface area contributed by atoms with E-state index in [4.69, 9.17) is 9.47 Å². The van der Waals surface area contributed by atoms with Gasteiger partial charge in [-0.15, -0.1) is 11.3 Å². The fourth-order valence-electron chi connectivity index (χ4n) is 3.83. The van der Waals surface area contributed by atoms with E-state index in [0.29, 0.717) is 32.3 Å². The highest BCUT2D eigenvalue weighted by atomic mass is 32.1. The molecule has 0 aliphatic carbocycles. The summed E-state index contributed by atoms with van der Waals surface area (Å²) < 4.78 is 11.2. The molecular formula is C23H32N2O3S. The molecule has 2 heterocycles. The fraction of sp³-hybridized carbons (Fsp3) is 0.565. The van der Waals surface area contributed by atoms with Gasteiger partial charge in [-0.05, 0) is 50.3 Å². The van der Waals surface area contributed by atoms with Crippen LogP contribution in [0.1, 0.15) is 59.5 Å². The molecule has 1 aliphatic heterocycles. The zero-order valence-corrected chi connectivity index (χ0v) is 18.7. The lowest BCUT2D eigenvalue weighted by atomic mass is 9.74. The number of hydrogen-bond donors (Lipinski definition) is 1. The van der Waals surface area contributed by atoms with Gasteiger partial charge in [0, 0.05) is 31.6 Å². The number of carbonyl (C=O) groups excluding carboxylic acids is 1. The Morgan fingerprint density at radius 2 is 1.97 bits per heavy atom. The number of benzene rings is 1. The molecule has 1 saturated heterocycles. The highest BCUT2D eigenvalue weighted by Gasteiger charge is 2.35. The molecular weight excluding hydrogens is 384 g/mol. The number of thiazole rings is 1. The van der Waals surface area contributed by atoms with Crippen molar-refractivity contribution in [2.45, 2.75) is 52.4 Å². The molecule has 0 bridgehead atoms. The highest BCUT2D eigenvalue weighted by Crippen LogP contribution is 2.35. The van der Waals surface area contributed by atoms with Crippen LogP contribution in [0, 0.1) is 12.8 Å². The van der Waals surface area contributed by atoms with Crippen molar-refractivity contribution in [3.63, 3.8) is 0 Å². The van der Waals surface area contributed by atoms with Gasteiger partial charge < -0.3 is 14.8 Å². The molecule has 3 rings (SSSR count). The number of hydrogen-bond acceptors (Lipinski definition) is 5. The van der Waals surface area contributed by atoms with E-state index in [0.717, 1.165) is 40.6 Å². The van der Waals surface area contributed by atoms with Crippen molar-refractivity contribution in [1.29, 1.82) is 0 Å². The van der Waals surface area contributed by atoms with Gasteiger partial charge >= 0.3 is 0 Å². The van der Waals surface area contributed by atoms with Gasteiger partial charge in [0.2, 0.25) is 0 Å². The predicted octanol–water partition coefficient (Wildman–Crippen LogP) is 4.53. The Hall–Kier alpha value is -1.92. The monoisotopic (exact) mass is 416 g/mol. The molecule has 1 fully saturated rings. The summed E-state index contributed by atoms with van der Waals surface area (Å²) in [6, 6.07) is 8.29. The van der Waals surface area contributed by atoms with E-state index in [1.54, 1.807) is 0 Å². The van der Waals surface area contributed by atoms with Crippen molar-refractivity contribution in [2.75, 3.05) is 26.4 Å². The number of rotatable bonds is 8. The highest BCUT2D eigenvalue weighted by molar-refractivity contribution is 7.13. The Balaban J connectivity index is 1.74. The van der Waals surface area contributed by atoms with Gasteiger partial charge in [-0.25, -0.2) is 4.98 Å². The SMILES string of the molecule is CCOc1ccc(C2(CNC(=O)c3sc(CC(C)C)nc3C)CCOCC2)cc1. The molecule has 1 aromatic heterocycles. The Morgan fingerprint density at radius 1 is 1.28 bits per heavy atom. The van der Waals surface area contributed by atoms with Crippen LogP contribution >= 0.6 is 11.3 Å². The van der Waals surface area contributed by atoms with Crippen molar-refractivity contribution < 1.29 is 14.3 Å². The summed E-state index contributed by atoms with van der Waals surface area (Å²) in [5.74, 6) is 1.38. The third-order valence-electron chi connectivity index (χ3n) is 5.44. The molecule has 6 heteroatoms. The number of nitrogens with zero attached hydrogens (tertiary/aromatic N) is 1. The number of aryl methyl sites for hydroxylation is 1. The second-order valence-corrected chi connectivity index (χ2v) is 9.24. The standard InChI is InChI=1S/C23H32N2O3S/c1-5-28-19-8-6-18(7-9-19)23(10-12-27-13-11-23)15-24-22(26)21-17(4)25-20(29-21)14-16(2)3/h6-9,16H,5,10-15H2,1-4H3,(H,24,26). The van der Waals surface area contributed by atoms with E-state index in [9.17, 15) is 4.79 Å². The molecule has 158 valence electrons. The number of ether oxygens (including phenoxy) is 2. The predicted molar refractivity (Wildman–Crippen MR) is 117 cm³/mol. The molecule has 1 aromatic carbocycles. The normalized spacial score (nSPS) is 16.0. The summed E-state index contributed by atoms with van der Waals surface area (Å²) in [5, 5.41) is 4.24. The van der Waals surface area contributed by atoms with Gasteiger partial charge in [0.1, 0.15) is 10.6 Å². The molecule has 5 nitrogen and oxygen atoms in total. The number of nitrogens with one attached hydrogen (secondary N) is 1. The quantitative estimate of drug-likeness (QED) is 0.687. The van der Waals surface area contributed by atoms with Crippen molar-refractivity contribution in [3.8, 4) is 5.75 Å². The number of amides is 1. The van der Waals surface area contributed by atoms with Gasteiger partial charge in [-0.3, -0.25) is 4.79 Å². The lowest BCUT2D eigenvalue weighted by Crippen LogP contribution is -2.44. The molecule has 1 amide bonds. The lowest BCUT2D eigenvalue weighted by Gasteiger charge is -2.38. The molecule has 0 unspecified atom stereocenters. The first-order valence-corrected chi connectivity index (χ1v) is 11.3. The first kappa shape index (κ1) is 21.8. The minimum absolute atomic E-state index is 0.0215. The summed E-state index contributed by atoms with van der Waals surface area (Å²) >= 11 is 1.52. The maximum absolute atomic E-state index is 12.9. The maximum Gasteiger partial charge on any atom is 0.263 e. The third kappa shape index (κ3) is 5.37. The summed E-state index contributed by atoms with van der Waals surface area (Å²) in [7, 11) is 0. The average molecular weight is 417 g/mol. The molecule has 0 saturated carbocycles. The van der Waals surface area contributed by atoms with Crippen LogP contribution in [0.3, 0.4) is 0 Å². The molecule has 0 atom stereocenters. The summed E-state index contributed by atoms with van der Waals surface area (Å²) in [5.41, 5.74) is 1.94. The summed E-state index contributed by atoms with van der Waals surface area (Å²) in [4.78, 5) is 18.3. The zero-order valence-electron chi connectivity index (χ0n) is 17.9. The Labute approximate surface area is 177 Å². The molecule has 0 radical (unpaired) electrons. The number of aromatic nitrogens is 1. The van der Waals surface area contributed by atoms with Crippen molar-refractivity contribution in [2.24, 2.45) is 5.92 Å². The molecule has 0 spiro atoms. The van der Waals surface area contributed by atoms with Gasteiger partial charge in [-0.1, -0.05) is 26.0 Å². The van der Waals surface area contributed by atoms with Crippen molar-refractivity contribution >= 4 is 17.2 Å². The minimum atomic E-state index is -0.113. The number of carbonyl (C=O) groups is 1. The van der Waals surface area contributed by atoms with E-state index >= 15 is 0 Å². The van der Waals surface area contributed by atoms with E-state index < -0.39 is 0 Å². The van der Waals surface area contributed by atoms with E-state index in [1.165, 1.54) is 16.9 Å². The third-order valence-corrected chi connectivity index (χ3v) is 6.62. The first-order valence-electron chi connectivity index (χ1n) is 10.5. The van der Waals surface area contributed by atoms with Gasteiger partial charge in [-0.2, -0.15) is 0 Å². The van der Waals surface area contributed by atoms with Crippen LogP contribution in [0.4, 0.5) is 0 Å². The van der Waals surface area contributed by atoms with Crippen LogP contribution in [0.15, 0.2) is 24.3 Å². The molecule has 29 heavy (non-hydrogen) atoms. The topological polar surface area (TPSA) is 60.5 Å². The zero-order chi connectivity index (χ0) is 20.9. The summed E-state index contributed by atoms with van der Waals surface area (Å²) in [6.45, 7) is 10.9. The van der Waals surface area contributed by atoms with Crippen LogP contribution in [-0.4, -0.2) is 37.3 Å². The van der Waals surface area contributed by atoms with E-state index in [1.807, 2.05) is 26.0 Å². The smallest absolute Gasteiger partial charge is 0.263 e. The Bertz CT molecular complexity index is 808. The van der Waals surface area contributed by atoms with Gasteiger partial charge in [0.25, 0.3) is 5.91 Å². The van der Waals surface area contributed by atoms with Crippen molar-refractivity contribution in [3.05, 3.63) is 45.4 Å². The molecule has 1 N–H and O–H groups in total. The van der Waals surface area contributed by atoms with E-state index in [2.05, 4.69) is 36.3 Å². The van der Waals surface area contributed by atoms with E-state index in [-0.39, 0.29) is 11.3 Å². The Kier molecular flexibility index (Phi) is 7.30. The van der Waals surface area contributed by atoms with Crippen molar-refractivity contribution in [1.82, 2.24) is 10.3 Å². The van der Waals surface area contributed by atoms with Gasteiger partial charge in [0.15, 0.2) is 0 Å². The van der Waals surface area contributed by atoms with Crippen LogP contribution < -0.4 is 10.1 Å². The largest absolute Gasteiger partial charge is 0.494 e.